The molecule has 0 saturated carbocycles. The summed E-state index contributed by atoms with van der Waals surface area (Å²) in [6.45, 7) is 1.83. The Morgan fingerprint density at radius 1 is 1.23 bits per heavy atom. The van der Waals surface area contributed by atoms with Gasteiger partial charge in [0.15, 0.2) is 0 Å². The molecule has 1 aromatic carbocycles. The molecule has 0 aliphatic carbocycles. The average molecular weight is 319 g/mol. The first-order valence-corrected chi connectivity index (χ1v) is 7.10. The molecule has 0 spiro atoms. The lowest BCUT2D eigenvalue weighted by atomic mass is 10.1. The predicted octanol–water partition coefficient (Wildman–Crippen LogP) is 3.31. The number of benzene rings is 1. The Balaban J connectivity index is 2.25. The van der Waals surface area contributed by atoms with Gasteiger partial charge in [-0.3, -0.25) is 4.98 Å². The van der Waals surface area contributed by atoms with Crippen molar-refractivity contribution in [1.82, 2.24) is 4.98 Å². The van der Waals surface area contributed by atoms with Crippen LogP contribution in [0.5, 0.6) is 0 Å². The Bertz CT molecular complexity index is 705. The summed E-state index contributed by atoms with van der Waals surface area (Å²) in [5.41, 5.74) is 7.82. The normalized spacial score (nSPS) is 13.1. The highest BCUT2D eigenvalue weighted by atomic mass is 35.5. The molecular formula is C17H16ClFN2O. The van der Waals surface area contributed by atoms with E-state index in [0.717, 1.165) is 0 Å². The number of methoxy groups -OCH3 is 1. The van der Waals surface area contributed by atoms with Gasteiger partial charge in [0.25, 0.3) is 0 Å². The maximum atomic E-state index is 12.8. The van der Waals surface area contributed by atoms with Crippen LogP contribution in [0, 0.1) is 17.7 Å². The van der Waals surface area contributed by atoms with Gasteiger partial charge in [0.05, 0.1) is 10.7 Å². The Labute approximate surface area is 134 Å². The van der Waals surface area contributed by atoms with Gasteiger partial charge in [-0.15, -0.1) is 0 Å². The van der Waals surface area contributed by atoms with E-state index in [2.05, 4.69) is 16.8 Å². The zero-order chi connectivity index (χ0) is 16.1. The summed E-state index contributed by atoms with van der Waals surface area (Å²) in [7, 11) is 1.56. The van der Waals surface area contributed by atoms with Crippen molar-refractivity contribution in [2.75, 3.05) is 7.11 Å². The fourth-order valence-corrected chi connectivity index (χ4v) is 2.25. The third-order valence-corrected chi connectivity index (χ3v) is 3.37. The fourth-order valence-electron chi connectivity index (χ4n) is 1.98. The Morgan fingerprint density at radius 3 is 2.41 bits per heavy atom. The van der Waals surface area contributed by atoms with Crippen molar-refractivity contribution in [3.63, 3.8) is 0 Å². The molecule has 0 amide bonds. The van der Waals surface area contributed by atoms with Crippen molar-refractivity contribution < 1.29 is 9.13 Å². The summed E-state index contributed by atoms with van der Waals surface area (Å²) < 4.78 is 18.1. The highest BCUT2D eigenvalue weighted by Crippen LogP contribution is 2.25. The van der Waals surface area contributed by atoms with Crippen molar-refractivity contribution >= 4 is 11.6 Å². The van der Waals surface area contributed by atoms with E-state index in [9.17, 15) is 4.39 Å². The molecule has 114 valence electrons. The maximum Gasteiger partial charge on any atom is 0.123 e. The number of aromatic nitrogens is 1. The van der Waals surface area contributed by atoms with E-state index in [0.29, 0.717) is 21.8 Å². The summed E-state index contributed by atoms with van der Waals surface area (Å²) in [6, 6.07) is 7.44. The van der Waals surface area contributed by atoms with Crippen LogP contribution in [0.15, 0.2) is 36.5 Å². The minimum atomic E-state index is -0.369. The Morgan fingerprint density at radius 2 is 1.86 bits per heavy atom. The van der Waals surface area contributed by atoms with Crippen LogP contribution in [0.4, 0.5) is 4.39 Å². The second kappa shape index (κ2) is 7.37. The number of pyridine rings is 1. The lowest BCUT2D eigenvalue weighted by molar-refractivity contribution is 0.0819. The first kappa shape index (κ1) is 16.4. The molecule has 1 aromatic heterocycles. The van der Waals surface area contributed by atoms with E-state index >= 15 is 0 Å². The van der Waals surface area contributed by atoms with Gasteiger partial charge in [-0.2, -0.15) is 0 Å². The van der Waals surface area contributed by atoms with Gasteiger partial charge in [-0.1, -0.05) is 23.4 Å². The van der Waals surface area contributed by atoms with Crippen LogP contribution in [0.1, 0.15) is 29.8 Å². The van der Waals surface area contributed by atoms with E-state index < -0.39 is 0 Å². The van der Waals surface area contributed by atoms with E-state index in [1.807, 2.05) is 6.92 Å². The van der Waals surface area contributed by atoms with Gasteiger partial charge in [-0.05, 0) is 37.3 Å². The van der Waals surface area contributed by atoms with Crippen LogP contribution in [0.3, 0.4) is 0 Å². The fraction of sp³-hybridized carbons (Fsp3) is 0.235. The minimum absolute atomic E-state index is 0.230. The standard InChI is InChI=1S/C17H16ClFN2O/c1-11(20)17(22-2)16-15(18)9-13(10-21-16)4-3-12-5-7-14(19)8-6-12/h5-11,17H,20H2,1-2H3. The number of hydrogen-bond donors (Lipinski definition) is 1. The second-order valence-electron chi connectivity index (χ2n) is 4.86. The SMILES string of the molecule is COC(c1ncc(C#Cc2ccc(F)cc2)cc1Cl)C(C)N. The number of nitrogens with zero attached hydrogens (tertiary/aromatic N) is 1. The van der Waals surface area contributed by atoms with Crippen LogP contribution < -0.4 is 5.73 Å². The molecule has 1 heterocycles. The molecule has 2 aromatic rings. The highest BCUT2D eigenvalue weighted by Gasteiger charge is 2.19. The first-order chi connectivity index (χ1) is 10.5. The van der Waals surface area contributed by atoms with Crippen LogP contribution in [-0.2, 0) is 4.74 Å². The van der Waals surface area contributed by atoms with Crippen LogP contribution in [0.2, 0.25) is 5.02 Å². The van der Waals surface area contributed by atoms with Gasteiger partial charge >= 0.3 is 0 Å². The van der Waals surface area contributed by atoms with E-state index in [4.69, 9.17) is 22.1 Å². The summed E-state index contributed by atoms with van der Waals surface area (Å²) in [5, 5.41) is 0.454. The smallest absolute Gasteiger partial charge is 0.123 e. The molecule has 0 radical (unpaired) electrons. The van der Waals surface area contributed by atoms with Crippen LogP contribution >= 0.6 is 11.6 Å². The summed E-state index contributed by atoms with van der Waals surface area (Å²) in [4.78, 5) is 4.30. The van der Waals surface area contributed by atoms with Crippen molar-refractivity contribution in [2.45, 2.75) is 19.1 Å². The summed E-state index contributed by atoms with van der Waals surface area (Å²) >= 11 is 6.23. The number of nitrogens with two attached hydrogens (primary N) is 1. The van der Waals surface area contributed by atoms with Crippen molar-refractivity contribution in [1.29, 1.82) is 0 Å². The Hall–Kier alpha value is -1.93. The zero-order valence-corrected chi connectivity index (χ0v) is 13.1. The molecule has 2 unspecified atom stereocenters. The van der Waals surface area contributed by atoms with Gasteiger partial charge in [0.2, 0.25) is 0 Å². The zero-order valence-electron chi connectivity index (χ0n) is 12.3. The molecule has 22 heavy (non-hydrogen) atoms. The average Bonchev–Trinajstić information content (AvgIpc) is 2.49. The van der Waals surface area contributed by atoms with Crippen LogP contribution in [0.25, 0.3) is 0 Å². The van der Waals surface area contributed by atoms with E-state index in [1.165, 1.54) is 12.1 Å². The van der Waals surface area contributed by atoms with Gasteiger partial charge < -0.3 is 10.5 Å². The first-order valence-electron chi connectivity index (χ1n) is 6.72. The lowest BCUT2D eigenvalue weighted by Crippen LogP contribution is -2.27. The van der Waals surface area contributed by atoms with Gasteiger partial charge in [-0.25, -0.2) is 4.39 Å². The maximum absolute atomic E-state index is 12.8. The monoisotopic (exact) mass is 318 g/mol. The van der Waals surface area contributed by atoms with E-state index in [-0.39, 0.29) is 18.0 Å². The largest absolute Gasteiger partial charge is 0.373 e. The summed E-state index contributed by atoms with van der Waals surface area (Å²) in [6.07, 6.45) is 1.25. The molecule has 0 saturated heterocycles. The predicted molar refractivity (Wildman–Crippen MR) is 85.0 cm³/mol. The lowest BCUT2D eigenvalue weighted by Gasteiger charge is -2.19. The van der Waals surface area contributed by atoms with Crippen LogP contribution in [-0.4, -0.2) is 18.1 Å². The van der Waals surface area contributed by atoms with Crippen molar-refractivity contribution in [3.8, 4) is 11.8 Å². The number of halogens is 2. The minimum Gasteiger partial charge on any atom is -0.373 e. The van der Waals surface area contributed by atoms with Crippen molar-refractivity contribution in [3.05, 3.63) is 64.2 Å². The topological polar surface area (TPSA) is 48.1 Å². The quantitative estimate of drug-likeness (QED) is 0.883. The molecule has 0 fully saturated rings. The molecule has 2 atom stereocenters. The molecule has 0 bridgehead atoms. The third kappa shape index (κ3) is 4.05. The van der Waals surface area contributed by atoms with E-state index in [1.54, 1.807) is 31.5 Å². The molecule has 0 aliphatic rings. The Kier molecular flexibility index (Phi) is 5.51. The molecule has 2 N–H and O–H groups in total. The molecule has 3 nitrogen and oxygen atoms in total. The second-order valence-corrected chi connectivity index (χ2v) is 5.27. The molecule has 5 heteroatoms. The summed E-state index contributed by atoms with van der Waals surface area (Å²) in [5.74, 6) is 5.58. The number of rotatable bonds is 3. The highest BCUT2D eigenvalue weighted by molar-refractivity contribution is 6.31. The third-order valence-electron chi connectivity index (χ3n) is 3.07. The van der Waals surface area contributed by atoms with Crippen molar-refractivity contribution in [2.24, 2.45) is 5.73 Å². The molecular weight excluding hydrogens is 303 g/mol. The van der Waals surface area contributed by atoms with Gasteiger partial charge in [0, 0.05) is 30.5 Å². The molecule has 0 aliphatic heterocycles. The molecule has 2 rings (SSSR count). The van der Waals surface area contributed by atoms with Gasteiger partial charge in [0.1, 0.15) is 11.9 Å². The number of hydrogen-bond acceptors (Lipinski definition) is 3. The number of ether oxygens (including phenoxy) is 1.